The summed E-state index contributed by atoms with van der Waals surface area (Å²) in [6.45, 7) is 7.86. The Balaban J connectivity index is 0.00000180. The Labute approximate surface area is 123 Å². The molecule has 1 fully saturated rings. The zero-order valence-electron chi connectivity index (χ0n) is 12.1. The highest BCUT2D eigenvalue weighted by Gasteiger charge is 2.22. The molecule has 0 bridgehead atoms. The first-order valence-corrected chi connectivity index (χ1v) is 7.25. The summed E-state index contributed by atoms with van der Waals surface area (Å²) in [6.07, 6.45) is 3.71. The van der Waals surface area contributed by atoms with Crippen molar-refractivity contribution in [3.63, 3.8) is 0 Å². The molecule has 0 radical (unpaired) electrons. The third-order valence-corrected chi connectivity index (χ3v) is 4.18. The van der Waals surface area contributed by atoms with Gasteiger partial charge in [-0.25, -0.2) is 0 Å². The number of likely N-dealkylation sites (tertiary alicyclic amines) is 1. The van der Waals surface area contributed by atoms with Gasteiger partial charge in [0.15, 0.2) is 0 Å². The van der Waals surface area contributed by atoms with Crippen LogP contribution in [-0.2, 0) is 13.0 Å². The molecule has 1 aromatic carbocycles. The Hall–Kier alpha value is -0.570. The van der Waals surface area contributed by atoms with E-state index in [1.807, 2.05) is 0 Å². The molecule has 19 heavy (non-hydrogen) atoms. The fourth-order valence-electron chi connectivity index (χ4n) is 2.96. The minimum absolute atomic E-state index is 0. The number of nitrogens with zero attached hydrogens (tertiary/aromatic N) is 1. The lowest BCUT2D eigenvalue weighted by atomic mass is 9.91. The summed E-state index contributed by atoms with van der Waals surface area (Å²) in [5.74, 6) is 0.674. The summed E-state index contributed by atoms with van der Waals surface area (Å²) in [5.41, 5.74) is 9.03. The van der Waals surface area contributed by atoms with Gasteiger partial charge < -0.3 is 5.73 Å². The Morgan fingerprint density at radius 3 is 2.63 bits per heavy atom. The molecule has 2 N–H and O–H groups in total. The molecule has 2 nitrogen and oxygen atoms in total. The van der Waals surface area contributed by atoms with Crippen LogP contribution in [0.15, 0.2) is 24.3 Å². The van der Waals surface area contributed by atoms with Gasteiger partial charge in [-0.15, -0.1) is 12.4 Å². The quantitative estimate of drug-likeness (QED) is 0.919. The van der Waals surface area contributed by atoms with E-state index >= 15 is 0 Å². The van der Waals surface area contributed by atoms with Crippen LogP contribution in [0, 0.1) is 5.92 Å². The second kappa shape index (κ2) is 7.88. The van der Waals surface area contributed by atoms with Crippen LogP contribution in [0.5, 0.6) is 0 Å². The van der Waals surface area contributed by atoms with Crippen molar-refractivity contribution in [3.05, 3.63) is 35.4 Å². The number of benzene rings is 1. The van der Waals surface area contributed by atoms with Crippen molar-refractivity contribution < 1.29 is 0 Å². The predicted octanol–water partition coefficient (Wildman–Crippen LogP) is 3.23. The van der Waals surface area contributed by atoms with Crippen molar-refractivity contribution in [3.8, 4) is 0 Å². The van der Waals surface area contributed by atoms with E-state index in [1.165, 1.54) is 30.5 Å². The number of hydrogen-bond acceptors (Lipinski definition) is 2. The summed E-state index contributed by atoms with van der Waals surface area (Å²) < 4.78 is 0. The van der Waals surface area contributed by atoms with Gasteiger partial charge in [-0.3, -0.25) is 4.90 Å². The maximum atomic E-state index is 6.05. The van der Waals surface area contributed by atoms with Gasteiger partial charge in [0.05, 0.1) is 0 Å². The summed E-state index contributed by atoms with van der Waals surface area (Å²) in [7, 11) is 0. The second-order valence-corrected chi connectivity index (χ2v) is 5.62. The third kappa shape index (κ3) is 4.48. The first-order chi connectivity index (χ1) is 8.70. The topological polar surface area (TPSA) is 29.3 Å². The first-order valence-electron chi connectivity index (χ1n) is 7.25. The molecule has 108 valence electrons. The van der Waals surface area contributed by atoms with Gasteiger partial charge in [-0.05, 0) is 49.8 Å². The van der Waals surface area contributed by atoms with Gasteiger partial charge in [0.25, 0.3) is 0 Å². The predicted molar refractivity (Wildman–Crippen MR) is 84.7 cm³/mol. The lowest BCUT2D eigenvalue weighted by Crippen LogP contribution is -2.42. The van der Waals surface area contributed by atoms with E-state index in [2.05, 4.69) is 43.0 Å². The number of hydrogen-bond donors (Lipinski definition) is 1. The molecule has 1 aromatic rings. The average Bonchev–Trinajstić information content (AvgIpc) is 2.39. The van der Waals surface area contributed by atoms with Gasteiger partial charge in [0, 0.05) is 19.1 Å². The van der Waals surface area contributed by atoms with E-state index in [4.69, 9.17) is 5.73 Å². The second-order valence-electron chi connectivity index (χ2n) is 5.62. The lowest BCUT2D eigenvalue weighted by Gasteiger charge is -2.35. The van der Waals surface area contributed by atoms with Gasteiger partial charge in [0.2, 0.25) is 0 Å². The maximum absolute atomic E-state index is 6.05. The van der Waals surface area contributed by atoms with Crippen LogP contribution in [0.1, 0.15) is 37.8 Å². The SMILES string of the molecule is CCc1ccccc1CN1CCCC(C(C)N)C1.Cl. The van der Waals surface area contributed by atoms with Crippen molar-refractivity contribution in [1.82, 2.24) is 4.90 Å². The minimum Gasteiger partial charge on any atom is -0.328 e. The van der Waals surface area contributed by atoms with Crippen molar-refractivity contribution >= 4 is 12.4 Å². The Morgan fingerprint density at radius 1 is 1.32 bits per heavy atom. The molecule has 2 atom stereocenters. The molecule has 1 aliphatic heterocycles. The molecule has 2 rings (SSSR count). The number of halogens is 1. The molecule has 0 aromatic heterocycles. The number of nitrogens with two attached hydrogens (primary N) is 1. The fraction of sp³-hybridized carbons (Fsp3) is 0.625. The van der Waals surface area contributed by atoms with Crippen LogP contribution in [0.2, 0.25) is 0 Å². The Kier molecular flexibility index (Phi) is 6.84. The molecule has 0 saturated carbocycles. The molecular formula is C16H27ClN2. The number of aryl methyl sites for hydroxylation is 1. The van der Waals surface area contributed by atoms with Crippen molar-refractivity contribution in [2.24, 2.45) is 11.7 Å². The molecule has 0 spiro atoms. The largest absolute Gasteiger partial charge is 0.328 e. The molecule has 1 saturated heterocycles. The monoisotopic (exact) mass is 282 g/mol. The molecule has 0 aliphatic carbocycles. The summed E-state index contributed by atoms with van der Waals surface area (Å²) in [4.78, 5) is 2.58. The zero-order chi connectivity index (χ0) is 13.0. The van der Waals surface area contributed by atoms with E-state index < -0.39 is 0 Å². The summed E-state index contributed by atoms with van der Waals surface area (Å²) in [5, 5.41) is 0. The van der Waals surface area contributed by atoms with E-state index in [1.54, 1.807) is 0 Å². The highest BCUT2D eigenvalue weighted by molar-refractivity contribution is 5.85. The molecule has 1 aliphatic rings. The molecule has 0 amide bonds. The van der Waals surface area contributed by atoms with E-state index in [0.717, 1.165) is 19.5 Å². The number of rotatable bonds is 4. The molecule has 3 heteroatoms. The molecular weight excluding hydrogens is 256 g/mol. The average molecular weight is 283 g/mol. The highest BCUT2D eigenvalue weighted by atomic mass is 35.5. The van der Waals surface area contributed by atoms with Crippen LogP contribution in [0.25, 0.3) is 0 Å². The third-order valence-electron chi connectivity index (χ3n) is 4.18. The van der Waals surface area contributed by atoms with E-state index in [0.29, 0.717) is 12.0 Å². The van der Waals surface area contributed by atoms with Crippen molar-refractivity contribution in [1.29, 1.82) is 0 Å². The van der Waals surface area contributed by atoms with Crippen molar-refractivity contribution in [2.75, 3.05) is 13.1 Å². The highest BCUT2D eigenvalue weighted by Crippen LogP contribution is 2.21. The van der Waals surface area contributed by atoms with Crippen LogP contribution in [-0.4, -0.2) is 24.0 Å². The van der Waals surface area contributed by atoms with Gasteiger partial charge in [-0.2, -0.15) is 0 Å². The normalized spacial score (nSPS) is 21.7. The van der Waals surface area contributed by atoms with E-state index in [9.17, 15) is 0 Å². The minimum atomic E-state index is 0. The smallest absolute Gasteiger partial charge is 0.0236 e. The van der Waals surface area contributed by atoms with Gasteiger partial charge >= 0.3 is 0 Å². The Bertz CT molecular complexity index is 379. The maximum Gasteiger partial charge on any atom is 0.0236 e. The summed E-state index contributed by atoms with van der Waals surface area (Å²) >= 11 is 0. The Morgan fingerprint density at radius 2 is 2.00 bits per heavy atom. The van der Waals surface area contributed by atoms with Gasteiger partial charge in [-0.1, -0.05) is 31.2 Å². The van der Waals surface area contributed by atoms with Crippen molar-refractivity contribution in [2.45, 2.75) is 45.7 Å². The molecule has 1 heterocycles. The van der Waals surface area contributed by atoms with Crippen LogP contribution < -0.4 is 5.73 Å². The fourth-order valence-corrected chi connectivity index (χ4v) is 2.96. The van der Waals surface area contributed by atoms with Crippen LogP contribution in [0.3, 0.4) is 0 Å². The molecule has 2 unspecified atom stereocenters. The van der Waals surface area contributed by atoms with E-state index in [-0.39, 0.29) is 12.4 Å². The summed E-state index contributed by atoms with van der Waals surface area (Å²) in [6, 6.07) is 9.15. The van der Waals surface area contributed by atoms with Gasteiger partial charge in [0.1, 0.15) is 0 Å². The number of piperidine rings is 1. The van der Waals surface area contributed by atoms with Crippen LogP contribution in [0.4, 0.5) is 0 Å². The standard InChI is InChI=1S/C16H26N2.ClH/c1-3-14-7-4-5-8-16(14)12-18-10-6-9-15(11-18)13(2)17;/h4-5,7-8,13,15H,3,6,9-12,17H2,1-2H3;1H. The lowest BCUT2D eigenvalue weighted by molar-refractivity contribution is 0.154. The first kappa shape index (κ1) is 16.5. The zero-order valence-corrected chi connectivity index (χ0v) is 13.0. The van der Waals surface area contributed by atoms with Crippen LogP contribution >= 0.6 is 12.4 Å².